The van der Waals surface area contributed by atoms with Gasteiger partial charge in [0.1, 0.15) is 10.7 Å². The first kappa shape index (κ1) is 18.8. The van der Waals surface area contributed by atoms with Crippen molar-refractivity contribution in [3.05, 3.63) is 34.5 Å². The lowest BCUT2D eigenvalue weighted by Crippen LogP contribution is -2.42. The van der Waals surface area contributed by atoms with Gasteiger partial charge in [-0.1, -0.05) is 6.07 Å². The van der Waals surface area contributed by atoms with Crippen molar-refractivity contribution < 1.29 is 27.1 Å². The van der Waals surface area contributed by atoms with Crippen molar-refractivity contribution in [1.82, 2.24) is 5.32 Å². The van der Waals surface area contributed by atoms with Crippen LogP contribution < -0.4 is 5.32 Å². The van der Waals surface area contributed by atoms with Crippen molar-refractivity contribution >= 4 is 43.1 Å². The standard InChI is InChI=1S/C17H18FNO5S2/c1-9-14-12(18)4-3-5-13(14)25-15(9)17(21)24-10(2)16(20)19-11-6-7-26(22,23)8-11/h3-5,10-11H,6-8H2,1-2H3,(H,19,20)/t10-,11+/m1/s1. The van der Waals surface area contributed by atoms with Crippen molar-refractivity contribution in [3.63, 3.8) is 0 Å². The maximum absolute atomic E-state index is 13.9. The lowest BCUT2D eigenvalue weighted by molar-refractivity contribution is -0.129. The van der Waals surface area contributed by atoms with E-state index in [-0.39, 0.29) is 16.4 Å². The van der Waals surface area contributed by atoms with Crippen LogP contribution in [0, 0.1) is 12.7 Å². The summed E-state index contributed by atoms with van der Waals surface area (Å²) in [5.74, 6) is -1.73. The van der Waals surface area contributed by atoms with Gasteiger partial charge in [-0.05, 0) is 38.0 Å². The van der Waals surface area contributed by atoms with Gasteiger partial charge in [-0.25, -0.2) is 17.6 Å². The second-order valence-electron chi connectivity index (χ2n) is 6.33. The molecule has 1 N–H and O–H groups in total. The second kappa shape index (κ2) is 6.96. The molecule has 1 aliphatic rings. The first-order valence-electron chi connectivity index (χ1n) is 8.07. The van der Waals surface area contributed by atoms with Gasteiger partial charge in [0, 0.05) is 16.1 Å². The molecule has 1 amide bonds. The number of hydrogen-bond donors (Lipinski definition) is 1. The Labute approximate surface area is 154 Å². The van der Waals surface area contributed by atoms with Gasteiger partial charge < -0.3 is 10.1 Å². The Bertz CT molecular complexity index is 982. The lowest BCUT2D eigenvalue weighted by atomic mass is 10.1. The Morgan fingerprint density at radius 3 is 2.73 bits per heavy atom. The summed E-state index contributed by atoms with van der Waals surface area (Å²) < 4.78 is 42.7. The number of esters is 1. The van der Waals surface area contributed by atoms with E-state index in [1.165, 1.54) is 13.0 Å². The maximum Gasteiger partial charge on any atom is 0.349 e. The molecule has 26 heavy (non-hydrogen) atoms. The van der Waals surface area contributed by atoms with Gasteiger partial charge in [0.15, 0.2) is 15.9 Å². The van der Waals surface area contributed by atoms with Crippen LogP contribution in [0.3, 0.4) is 0 Å². The predicted octanol–water partition coefficient (Wildman–Crippen LogP) is 2.20. The molecule has 9 heteroatoms. The van der Waals surface area contributed by atoms with Crippen LogP contribution in [0.4, 0.5) is 4.39 Å². The molecule has 2 aromatic rings. The van der Waals surface area contributed by atoms with E-state index in [0.29, 0.717) is 22.1 Å². The Kier molecular flexibility index (Phi) is 5.03. The number of hydrogen-bond acceptors (Lipinski definition) is 6. The van der Waals surface area contributed by atoms with E-state index in [1.807, 2.05) is 0 Å². The molecule has 1 aromatic heterocycles. The fraction of sp³-hybridized carbons (Fsp3) is 0.412. The Morgan fingerprint density at radius 2 is 2.12 bits per heavy atom. The van der Waals surface area contributed by atoms with E-state index >= 15 is 0 Å². The number of carbonyl (C=O) groups is 2. The molecular weight excluding hydrogens is 381 g/mol. The zero-order valence-electron chi connectivity index (χ0n) is 14.2. The minimum Gasteiger partial charge on any atom is -0.448 e. The molecule has 6 nitrogen and oxygen atoms in total. The number of sulfone groups is 1. The molecule has 0 aliphatic carbocycles. The number of ether oxygens (including phenoxy) is 1. The van der Waals surface area contributed by atoms with E-state index in [9.17, 15) is 22.4 Å². The summed E-state index contributed by atoms with van der Waals surface area (Å²) in [6, 6.07) is 4.13. The highest BCUT2D eigenvalue weighted by molar-refractivity contribution is 7.91. The summed E-state index contributed by atoms with van der Waals surface area (Å²) in [6.07, 6.45) is -0.732. The fourth-order valence-electron chi connectivity index (χ4n) is 2.94. The summed E-state index contributed by atoms with van der Waals surface area (Å²) in [5, 5.41) is 2.96. The van der Waals surface area contributed by atoms with Crippen LogP contribution in [-0.4, -0.2) is 43.9 Å². The number of fused-ring (bicyclic) bond motifs is 1. The molecule has 0 bridgehead atoms. The lowest BCUT2D eigenvalue weighted by Gasteiger charge is -2.16. The minimum absolute atomic E-state index is 0.0403. The van der Waals surface area contributed by atoms with Crippen molar-refractivity contribution in [3.8, 4) is 0 Å². The van der Waals surface area contributed by atoms with E-state index < -0.39 is 39.7 Å². The highest BCUT2D eigenvalue weighted by Gasteiger charge is 2.31. The third-order valence-electron chi connectivity index (χ3n) is 4.32. The average molecular weight is 399 g/mol. The van der Waals surface area contributed by atoms with Gasteiger partial charge in [0.2, 0.25) is 0 Å². The number of thiophene rings is 1. The third kappa shape index (κ3) is 3.73. The molecule has 3 rings (SSSR count). The number of amides is 1. The average Bonchev–Trinajstić information content (AvgIpc) is 3.07. The van der Waals surface area contributed by atoms with Gasteiger partial charge >= 0.3 is 5.97 Å². The Morgan fingerprint density at radius 1 is 1.38 bits per heavy atom. The summed E-state index contributed by atoms with van der Waals surface area (Å²) in [7, 11) is -3.11. The van der Waals surface area contributed by atoms with Crippen LogP contribution in [0.15, 0.2) is 18.2 Å². The maximum atomic E-state index is 13.9. The molecule has 1 aromatic carbocycles. The van der Waals surface area contributed by atoms with E-state index in [0.717, 1.165) is 11.3 Å². The molecule has 2 heterocycles. The Balaban J connectivity index is 1.69. The largest absolute Gasteiger partial charge is 0.448 e. The van der Waals surface area contributed by atoms with Gasteiger partial charge in [0.25, 0.3) is 5.91 Å². The van der Waals surface area contributed by atoms with Crippen molar-refractivity contribution in [2.45, 2.75) is 32.4 Å². The number of rotatable bonds is 4. The molecule has 1 saturated heterocycles. The zero-order chi connectivity index (χ0) is 19.1. The van der Waals surface area contributed by atoms with Gasteiger partial charge in [0.05, 0.1) is 11.5 Å². The van der Waals surface area contributed by atoms with Gasteiger partial charge in [-0.2, -0.15) is 0 Å². The quantitative estimate of drug-likeness (QED) is 0.796. The minimum atomic E-state index is -3.11. The van der Waals surface area contributed by atoms with E-state index in [4.69, 9.17) is 4.74 Å². The number of aryl methyl sites for hydroxylation is 1. The van der Waals surface area contributed by atoms with Crippen LogP contribution in [0.1, 0.15) is 28.6 Å². The van der Waals surface area contributed by atoms with Gasteiger partial charge in [-0.3, -0.25) is 4.79 Å². The number of halogens is 1. The normalized spacial score (nSPS) is 20.0. The second-order valence-corrected chi connectivity index (χ2v) is 9.61. The Hall–Kier alpha value is -2.00. The molecule has 0 spiro atoms. The first-order chi connectivity index (χ1) is 12.2. The highest BCUT2D eigenvalue weighted by Crippen LogP contribution is 2.33. The summed E-state index contributed by atoms with van der Waals surface area (Å²) in [4.78, 5) is 24.8. The van der Waals surface area contributed by atoms with Crippen LogP contribution in [-0.2, 0) is 19.4 Å². The van der Waals surface area contributed by atoms with Crippen molar-refractivity contribution in [2.75, 3.05) is 11.5 Å². The molecule has 1 fully saturated rings. The van der Waals surface area contributed by atoms with Gasteiger partial charge in [-0.15, -0.1) is 11.3 Å². The van der Waals surface area contributed by atoms with Crippen LogP contribution in [0.25, 0.3) is 10.1 Å². The smallest absolute Gasteiger partial charge is 0.349 e. The molecule has 140 valence electrons. The van der Waals surface area contributed by atoms with E-state index in [1.54, 1.807) is 19.1 Å². The monoisotopic (exact) mass is 399 g/mol. The van der Waals surface area contributed by atoms with Crippen LogP contribution in [0.2, 0.25) is 0 Å². The molecule has 1 aliphatic heterocycles. The van der Waals surface area contributed by atoms with Crippen molar-refractivity contribution in [2.24, 2.45) is 0 Å². The summed E-state index contributed by atoms with van der Waals surface area (Å²) in [5.41, 5.74) is 0.475. The molecule has 0 radical (unpaired) electrons. The number of nitrogens with one attached hydrogen (secondary N) is 1. The SMILES string of the molecule is Cc1c(C(=O)O[C@H](C)C(=O)N[C@H]2CCS(=O)(=O)C2)sc2cccc(F)c12. The molecular formula is C17H18FNO5S2. The number of carbonyl (C=O) groups excluding carboxylic acids is 2. The highest BCUT2D eigenvalue weighted by atomic mass is 32.2. The van der Waals surface area contributed by atoms with Crippen LogP contribution >= 0.6 is 11.3 Å². The molecule has 2 atom stereocenters. The topological polar surface area (TPSA) is 89.5 Å². The zero-order valence-corrected chi connectivity index (χ0v) is 15.9. The predicted molar refractivity (Wildman–Crippen MR) is 96.6 cm³/mol. The molecule has 0 unspecified atom stereocenters. The summed E-state index contributed by atoms with van der Waals surface area (Å²) >= 11 is 1.11. The van der Waals surface area contributed by atoms with Crippen molar-refractivity contribution in [1.29, 1.82) is 0 Å². The fourth-order valence-corrected chi connectivity index (χ4v) is 5.72. The first-order valence-corrected chi connectivity index (χ1v) is 10.7. The number of benzene rings is 1. The molecule has 0 saturated carbocycles. The summed E-state index contributed by atoms with van der Waals surface area (Å²) in [6.45, 7) is 3.05. The third-order valence-corrected chi connectivity index (χ3v) is 7.33. The van der Waals surface area contributed by atoms with E-state index in [2.05, 4.69) is 5.32 Å². The van der Waals surface area contributed by atoms with Crippen LogP contribution in [0.5, 0.6) is 0 Å².